The van der Waals surface area contributed by atoms with Crippen molar-refractivity contribution in [3.63, 3.8) is 0 Å². The molecule has 0 fully saturated rings. The van der Waals surface area contributed by atoms with Crippen molar-refractivity contribution in [1.82, 2.24) is 0 Å². The third kappa shape index (κ3) is 4.10. The van der Waals surface area contributed by atoms with Gasteiger partial charge < -0.3 is 10.4 Å². The largest absolute Gasteiger partial charge is 0.384 e. The molecule has 0 aromatic heterocycles. The molecular weight excluding hydrogens is 402 g/mol. The Morgan fingerprint density at radius 2 is 1.68 bits per heavy atom. The van der Waals surface area contributed by atoms with E-state index in [1.54, 1.807) is 36.4 Å². The summed E-state index contributed by atoms with van der Waals surface area (Å²) in [6.45, 7) is 0. The highest BCUT2D eigenvalue weighted by Gasteiger charge is 2.18. The van der Waals surface area contributed by atoms with Crippen LogP contribution in [0.4, 0.5) is 5.69 Å². The molecule has 0 aliphatic carbocycles. The van der Waals surface area contributed by atoms with Crippen molar-refractivity contribution in [3.8, 4) is 0 Å². The monoisotopic (exact) mass is 415 g/mol. The average Bonchev–Trinajstić information content (AvgIpc) is 2.63. The van der Waals surface area contributed by atoms with Crippen LogP contribution in [0.25, 0.3) is 0 Å². The molecule has 0 bridgehead atoms. The van der Waals surface area contributed by atoms with Crippen molar-refractivity contribution in [3.05, 3.63) is 99.0 Å². The molecular formula is C20H15BrClNO2. The van der Waals surface area contributed by atoms with Crippen LogP contribution < -0.4 is 5.32 Å². The Bertz CT molecular complexity index is 899. The number of hydrogen-bond donors (Lipinski definition) is 2. The van der Waals surface area contributed by atoms with E-state index < -0.39 is 6.10 Å². The summed E-state index contributed by atoms with van der Waals surface area (Å²) in [4.78, 5) is 12.6. The van der Waals surface area contributed by atoms with Crippen molar-refractivity contribution >= 4 is 39.1 Å². The zero-order chi connectivity index (χ0) is 17.8. The van der Waals surface area contributed by atoms with E-state index in [1.165, 1.54) is 0 Å². The first-order valence-corrected chi connectivity index (χ1v) is 8.81. The van der Waals surface area contributed by atoms with Crippen LogP contribution in [0.3, 0.4) is 0 Å². The molecule has 1 unspecified atom stereocenters. The van der Waals surface area contributed by atoms with Gasteiger partial charge in [0.05, 0.1) is 5.56 Å². The zero-order valence-electron chi connectivity index (χ0n) is 13.1. The first kappa shape index (κ1) is 17.7. The number of nitrogens with one attached hydrogen (secondary N) is 1. The number of halogens is 2. The Morgan fingerprint density at radius 1 is 1.00 bits per heavy atom. The zero-order valence-corrected chi connectivity index (χ0v) is 15.5. The minimum absolute atomic E-state index is 0.267. The molecule has 3 aromatic carbocycles. The van der Waals surface area contributed by atoms with Crippen LogP contribution in [0.15, 0.2) is 77.3 Å². The van der Waals surface area contributed by atoms with E-state index in [1.807, 2.05) is 36.4 Å². The highest BCUT2D eigenvalue weighted by atomic mass is 79.9. The number of carbonyl (C=O) groups excluding carboxylic acids is 1. The van der Waals surface area contributed by atoms with E-state index in [0.29, 0.717) is 26.3 Å². The van der Waals surface area contributed by atoms with Crippen molar-refractivity contribution in [2.75, 3.05) is 5.32 Å². The number of rotatable bonds is 4. The van der Waals surface area contributed by atoms with Gasteiger partial charge in [-0.25, -0.2) is 0 Å². The number of benzene rings is 3. The maximum absolute atomic E-state index is 12.6. The molecule has 0 spiro atoms. The Labute approximate surface area is 159 Å². The van der Waals surface area contributed by atoms with E-state index in [2.05, 4.69) is 21.2 Å². The van der Waals surface area contributed by atoms with E-state index in [9.17, 15) is 9.90 Å². The first-order valence-electron chi connectivity index (χ1n) is 7.64. The molecule has 2 N–H and O–H groups in total. The van der Waals surface area contributed by atoms with Crippen LogP contribution in [-0.2, 0) is 0 Å². The van der Waals surface area contributed by atoms with Gasteiger partial charge in [0.1, 0.15) is 6.10 Å². The summed E-state index contributed by atoms with van der Waals surface area (Å²) in [5.74, 6) is -0.267. The second kappa shape index (κ2) is 7.83. The lowest BCUT2D eigenvalue weighted by molar-refractivity contribution is 0.102. The van der Waals surface area contributed by atoms with Crippen LogP contribution in [-0.4, -0.2) is 11.0 Å². The molecule has 3 aromatic rings. The van der Waals surface area contributed by atoms with E-state index >= 15 is 0 Å². The van der Waals surface area contributed by atoms with Crippen molar-refractivity contribution in [2.45, 2.75) is 6.10 Å². The van der Waals surface area contributed by atoms with Gasteiger partial charge in [-0.3, -0.25) is 4.79 Å². The minimum atomic E-state index is -0.894. The van der Waals surface area contributed by atoms with Crippen LogP contribution in [0, 0.1) is 0 Å². The third-order valence-electron chi connectivity index (χ3n) is 3.79. The van der Waals surface area contributed by atoms with E-state index in [0.717, 1.165) is 5.56 Å². The fraction of sp³-hybridized carbons (Fsp3) is 0.0500. The Morgan fingerprint density at radius 3 is 2.40 bits per heavy atom. The molecule has 1 amide bonds. The van der Waals surface area contributed by atoms with Crippen molar-refractivity contribution in [1.29, 1.82) is 0 Å². The van der Waals surface area contributed by atoms with Gasteiger partial charge in [-0.05, 0) is 51.8 Å². The molecule has 25 heavy (non-hydrogen) atoms. The highest BCUT2D eigenvalue weighted by molar-refractivity contribution is 9.10. The maximum Gasteiger partial charge on any atom is 0.256 e. The summed E-state index contributed by atoms with van der Waals surface area (Å²) >= 11 is 9.47. The predicted octanol–water partition coefficient (Wildman–Crippen LogP) is 5.44. The van der Waals surface area contributed by atoms with Gasteiger partial charge in [-0.1, -0.05) is 54.1 Å². The number of hydrogen-bond acceptors (Lipinski definition) is 2. The molecule has 126 valence electrons. The summed E-state index contributed by atoms with van der Waals surface area (Å²) in [6.07, 6.45) is -0.894. The molecule has 5 heteroatoms. The molecule has 0 radical (unpaired) electrons. The Balaban J connectivity index is 1.95. The van der Waals surface area contributed by atoms with Gasteiger partial charge in [-0.2, -0.15) is 0 Å². The normalized spacial score (nSPS) is 11.8. The van der Waals surface area contributed by atoms with Gasteiger partial charge in [0.15, 0.2) is 0 Å². The molecule has 0 heterocycles. The molecule has 0 aliphatic rings. The van der Waals surface area contributed by atoms with Gasteiger partial charge in [0.2, 0.25) is 0 Å². The Kier molecular flexibility index (Phi) is 5.53. The number of anilines is 1. The minimum Gasteiger partial charge on any atom is -0.384 e. The number of aliphatic hydroxyl groups is 1. The smallest absolute Gasteiger partial charge is 0.256 e. The topological polar surface area (TPSA) is 49.3 Å². The third-order valence-corrected chi connectivity index (χ3v) is 4.72. The fourth-order valence-corrected chi connectivity index (χ4v) is 3.17. The Hall–Kier alpha value is -2.14. The van der Waals surface area contributed by atoms with E-state index in [4.69, 9.17) is 11.6 Å². The summed E-state index contributed by atoms with van der Waals surface area (Å²) in [5, 5.41) is 14.1. The van der Waals surface area contributed by atoms with Gasteiger partial charge in [0, 0.05) is 20.7 Å². The van der Waals surface area contributed by atoms with Gasteiger partial charge in [-0.15, -0.1) is 0 Å². The SMILES string of the molecule is O=C(Nc1ccc(Cl)cc1C(O)c1ccccc1)c1ccccc1Br. The lowest BCUT2D eigenvalue weighted by Crippen LogP contribution is -2.15. The standard InChI is InChI=1S/C20H15BrClNO2/c21-17-9-5-4-8-15(17)20(25)23-18-11-10-14(22)12-16(18)19(24)13-6-2-1-3-7-13/h1-12,19,24H,(H,23,25). The van der Waals surface area contributed by atoms with Crippen LogP contribution in [0.2, 0.25) is 5.02 Å². The molecule has 3 rings (SSSR count). The number of amides is 1. The van der Waals surface area contributed by atoms with Crippen LogP contribution >= 0.6 is 27.5 Å². The second-order valence-electron chi connectivity index (χ2n) is 5.48. The highest BCUT2D eigenvalue weighted by Crippen LogP contribution is 2.31. The average molecular weight is 417 g/mol. The lowest BCUT2D eigenvalue weighted by Gasteiger charge is -2.17. The summed E-state index contributed by atoms with van der Waals surface area (Å²) in [6, 6.07) is 21.4. The molecule has 0 saturated carbocycles. The molecule has 1 atom stereocenters. The second-order valence-corrected chi connectivity index (χ2v) is 6.77. The predicted molar refractivity (Wildman–Crippen MR) is 104 cm³/mol. The van der Waals surface area contributed by atoms with Crippen LogP contribution in [0.1, 0.15) is 27.6 Å². The quantitative estimate of drug-likeness (QED) is 0.595. The van der Waals surface area contributed by atoms with Crippen molar-refractivity contribution < 1.29 is 9.90 Å². The maximum atomic E-state index is 12.6. The first-order chi connectivity index (χ1) is 12.1. The van der Waals surface area contributed by atoms with Crippen LogP contribution in [0.5, 0.6) is 0 Å². The van der Waals surface area contributed by atoms with E-state index in [-0.39, 0.29) is 5.91 Å². The fourth-order valence-electron chi connectivity index (χ4n) is 2.52. The molecule has 3 nitrogen and oxygen atoms in total. The summed E-state index contributed by atoms with van der Waals surface area (Å²) in [5.41, 5.74) is 2.29. The van der Waals surface area contributed by atoms with Gasteiger partial charge in [0.25, 0.3) is 5.91 Å². The summed E-state index contributed by atoms with van der Waals surface area (Å²) < 4.78 is 0.701. The number of carbonyl (C=O) groups is 1. The number of aliphatic hydroxyl groups excluding tert-OH is 1. The lowest BCUT2D eigenvalue weighted by atomic mass is 9.99. The summed E-state index contributed by atoms with van der Waals surface area (Å²) in [7, 11) is 0. The molecule has 0 aliphatic heterocycles. The van der Waals surface area contributed by atoms with Crippen molar-refractivity contribution in [2.24, 2.45) is 0 Å². The van der Waals surface area contributed by atoms with Gasteiger partial charge >= 0.3 is 0 Å². The molecule has 0 saturated heterocycles.